The van der Waals surface area contributed by atoms with Crippen LogP contribution in [-0.4, -0.2) is 21.5 Å². The van der Waals surface area contributed by atoms with Crippen molar-refractivity contribution in [2.75, 3.05) is 0 Å². The zero-order chi connectivity index (χ0) is 18.7. The van der Waals surface area contributed by atoms with E-state index in [9.17, 15) is 4.79 Å². The Balaban J connectivity index is 1.64. The van der Waals surface area contributed by atoms with Gasteiger partial charge in [-0.05, 0) is 62.0 Å². The number of hydrogen-bond acceptors (Lipinski definition) is 2. The molecule has 0 spiro atoms. The minimum absolute atomic E-state index is 0.0351. The van der Waals surface area contributed by atoms with Crippen LogP contribution in [0.15, 0.2) is 30.3 Å². The van der Waals surface area contributed by atoms with Gasteiger partial charge in [0.15, 0.2) is 0 Å². The van der Waals surface area contributed by atoms with E-state index in [2.05, 4.69) is 35.6 Å². The molecule has 2 fully saturated rings. The molecule has 1 unspecified atom stereocenters. The fraction of sp³-hybridized carbons (Fsp3) is 0.545. The zero-order valence-corrected chi connectivity index (χ0v) is 16.5. The number of nitrogens with one attached hydrogen (secondary N) is 1. The van der Waals surface area contributed by atoms with Crippen molar-refractivity contribution in [3.63, 3.8) is 0 Å². The number of nitrogens with zero attached hydrogens (tertiary/aromatic N) is 2. The third-order valence-electron chi connectivity index (χ3n) is 7.05. The molecule has 0 aliphatic heterocycles. The summed E-state index contributed by atoms with van der Waals surface area (Å²) in [5, 5.41) is 3.38. The molecule has 0 radical (unpaired) electrons. The summed E-state index contributed by atoms with van der Waals surface area (Å²) < 4.78 is 2.06. The molecular formula is C22H29N3O. The molecule has 1 amide bonds. The lowest BCUT2D eigenvalue weighted by Crippen LogP contribution is -2.52. The second-order valence-electron chi connectivity index (χ2n) is 9.09. The van der Waals surface area contributed by atoms with Gasteiger partial charge in [0.25, 0.3) is 5.91 Å². The number of benzene rings is 1. The minimum atomic E-state index is -0.0351. The molecule has 1 aromatic heterocycles. The molecule has 0 saturated heterocycles. The molecule has 4 rings (SSSR count). The Morgan fingerprint density at radius 2 is 1.88 bits per heavy atom. The van der Waals surface area contributed by atoms with Crippen molar-refractivity contribution in [1.29, 1.82) is 0 Å². The molecule has 1 N–H and O–H groups in total. The van der Waals surface area contributed by atoms with Crippen LogP contribution < -0.4 is 5.32 Å². The van der Waals surface area contributed by atoms with Gasteiger partial charge in [-0.1, -0.05) is 39.0 Å². The average Bonchev–Trinajstić information content (AvgIpc) is 3.19. The van der Waals surface area contributed by atoms with Crippen molar-refractivity contribution in [2.45, 2.75) is 59.9 Å². The molecule has 3 atom stereocenters. The normalized spacial score (nSPS) is 29.1. The third kappa shape index (κ3) is 2.42. The maximum absolute atomic E-state index is 13.1. The van der Waals surface area contributed by atoms with Gasteiger partial charge < -0.3 is 9.88 Å². The van der Waals surface area contributed by atoms with Crippen molar-refractivity contribution in [1.82, 2.24) is 14.9 Å². The number of aryl methyl sites for hydroxylation is 1. The highest BCUT2D eigenvalue weighted by Gasteiger charge is 2.59. The maximum atomic E-state index is 13.1. The number of fused-ring (bicyclic) bond motifs is 2. The Bertz CT molecular complexity index is 847. The lowest BCUT2D eigenvalue weighted by Gasteiger charge is -2.43. The lowest BCUT2D eigenvalue weighted by molar-refractivity contribution is 0.0733. The number of imidazole rings is 1. The van der Waals surface area contributed by atoms with Gasteiger partial charge in [-0.15, -0.1) is 0 Å². The quantitative estimate of drug-likeness (QED) is 0.889. The molecule has 2 bridgehead atoms. The highest BCUT2D eigenvalue weighted by atomic mass is 16.2. The Morgan fingerprint density at radius 3 is 2.50 bits per heavy atom. The summed E-state index contributed by atoms with van der Waals surface area (Å²) in [5.74, 6) is 1.52. The first kappa shape index (κ1) is 17.3. The molecule has 2 aliphatic carbocycles. The highest BCUT2D eigenvalue weighted by molar-refractivity contribution is 5.94. The van der Waals surface area contributed by atoms with Gasteiger partial charge >= 0.3 is 0 Å². The molecule has 2 aliphatic rings. The number of amides is 1. The van der Waals surface area contributed by atoms with E-state index >= 15 is 0 Å². The standard InChI is InChI=1S/C22H29N3O/c1-14-18(23-15(2)25(14)17-9-7-6-8-10-17)19(26)24-20-21(3,4)16-11-12-22(20,5)13-16/h6-10,16,20H,11-13H2,1-5H3,(H,24,26)/t16-,20+,22?/m0/s1. The Morgan fingerprint density at radius 1 is 1.19 bits per heavy atom. The van der Waals surface area contributed by atoms with Crippen molar-refractivity contribution in [2.24, 2.45) is 16.7 Å². The molecule has 26 heavy (non-hydrogen) atoms. The topological polar surface area (TPSA) is 46.9 Å². The number of para-hydroxylation sites is 1. The zero-order valence-electron chi connectivity index (χ0n) is 16.5. The molecule has 4 nitrogen and oxygen atoms in total. The predicted octanol–water partition coefficient (Wildman–Crippen LogP) is 4.43. The van der Waals surface area contributed by atoms with Gasteiger partial charge in [-0.3, -0.25) is 4.79 Å². The second-order valence-corrected chi connectivity index (χ2v) is 9.09. The lowest BCUT2D eigenvalue weighted by atomic mass is 9.68. The summed E-state index contributed by atoms with van der Waals surface area (Å²) in [7, 11) is 0. The van der Waals surface area contributed by atoms with E-state index in [-0.39, 0.29) is 22.8 Å². The number of rotatable bonds is 3. The first-order chi connectivity index (χ1) is 12.2. The molecule has 2 saturated carbocycles. The fourth-order valence-corrected chi connectivity index (χ4v) is 5.68. The Hall–Kier alpha value is -2.10. The molecule has 138 valence electrons. The summed E-state index contributed by atoms with van der Waals surface area (Å²) in [5.41, 5.74) is 2.86. The van der Waals surface area contributed by atoms with E-state index in [1.54, 1.807) is 0 Å². The average molecular weight is 351 g/mol. The van der Waals surface area contributed by atoms with Gasteiger partial charge in [0, 0.05) is 11.7 Å². The summed E-state index contributed by atoms with van der Waals surface area (Å²) in [6.45, 7) is 10.9. The van der Waals surface area contributed by atoms with Crippen molar-refractivity contribution >= 4 is 5.91 Å². The molecule has 1 aromatic carbocycles. The summed E-state index contributed by atoms with van der Waals surface area (Å²) in [4.78, 5) is 17.7. The van der Waals surface area contributed by atoms with E-state index in [0.29, 0.717) is 11.6 Å². The van der Waals surface area contributed by atoms with Crippen LogP contribution in [0.25, 0.3) is 5.69 Å². The van der Waals surface area contributed by atoms with Crippen LogP contribution in [0.3, 0.4) is 0 Å². The van der Waals surface area contributed by atoms with Crippen molar-refractivity contribution < 1.29 is 4.79 Å². The van der Waals surface area contributed by atoms with E-state index in [1.807, 2.05) is 44.2 Å². The Labute approximate surface area is 156 Å². The van der Waals surface area contributed by atoms with Crippen LogP contribution in [0.2, 0.25) is 0 Å². The van der Waals surface area contributed by atoms with Crippen LogP contribution in [-0.2, 0) is 0 Å². The summed E-state index contributed by atoms with van der Waals surface area (Å²) in [6, 6.07) is 10.3. The van der Waals surface area contributed by atoms with Crippen molar-refractivity contribution in [3.05, 3.63) is 47.5 Å². The van der Waals surface area contributed by atoms with E-state index in [1.165, 1.54) is 19.3 Å². The monoisotopic (exact) mass is 351 g/mol. The second kappa shape index (κ2) is 5.70. The van der Waals surface area contributed by atoms with Crippen LogP contribution >= 0.6 is 0 Å². The predicted molar refractivity (Wildman–Crippen MR) is 104 cm³/mol. The van der Waals surface area contributed by atoms with Crippen molar-refractivity contribution in [3.8, 4) is 5.69 Å². The first-order valence-corrected chi connectivity index (χ1v) is 9.66. The van der Waals surface area contributed by atoms with Gasteiger partial charge in [-0.25, -0.2) is 4.98 Å². The SMILES string of the molecule is Cc1nc(C(=O)N[C@H]2C3(C)CC[C@@H](C3)C2(C)C)c(C)n1-c1ccccc1. The first-order valence-electron chi connectivity index (χ1n) is 9.66. The number of hydrogen-bond donors (Lipinski definition) is 1. The van der Waals surface area contributed by atoms with E-state index in [0.717, 1.165) is 17.2 Å². The highest BCUT2D eigenvalue weighted by Crippen LogP contribution is 2.62. The number of aromatic nitrogens is 2. The van der Waals surface area contributed by atoms with Gasteiger partial charge in [0.1, 0.15) is 11.5 Å². The summed E-state index contributed by atoms with van der Waals surface area (Å²) in [6.07, 6.45) is 3.72. The van der Waals surface area contributed by atoms with Gasteiger partial charge in [-0.2, -0.15) is 0 Å². The molecule has 1 heterocycles. The molecule has 4 heteroatoms. The maximum Gasteiger partial charge on any atom is 0.272 e. The van der Waals surface area contributed by atoms with E-state index < -0.39 is 0 Å². The molecule has 2 aromatic rings. The van der Waals surface area contributed by atoms with Crippen LogP contribution in [0.5, 0.6) is 0 Å². The number of carbonyl (C=O) groups excluding carboxylic acids is 1. The van der Waals surface area contributed by atoms with Crippen LogP contribution in [0, 0.1) is 30.6 Å². The minimum Gasteiger partial charge on any atom is -0.347 e. The third-order valence-corrected chi connectivity index (χ3v) is 7.05. The van der Waals surface area contributed by atoms with Gasteiger partial charge in [0.05, 0.1) is 5.69 Å². The Kier molecular flexibility index (Phi) is 3.80. The molecular weight excluding hydrogens is 322 g/mol. The largest absolute Gasteiger partial charge is 0.347 e. The van der Waals surface area contributed by atoms with Gasteiger partial charge in [0.2, 0.25) is 0 Å². The van der Waals surface area contributed by atoms with Crippen LogP contribution in [0.1, 0.15) is 62.0 Å². The summed E-state index contributed by atoms with van der Waals surface area (Å²) >= 11 is 0. The fourth-order valence-electron chi connectivity index (χ4n) is 5.68. The number of carbonyl (C=O) groups is 1. The van der Waals surface area contributed by atoms with E-state index in [4.69, 9.17) is 0 Å². The van der Waals surface area contributed by atoms with Crippen LogP contribution in [0.4, 0.5) is 0 Å². The smallest absolute Gasteiger partial charge is 0.272 e.